The summed E-state index contributed by atoms with van der Waals surface area (Å²) in [6.45, 7) is 0.243. The van der Waals surface area contributed by atoms with Gasteiger partial charge in [-0.3, -0.25) is 4.79 Å². The van der Waals surface area contributed by atoms with Crippen molar-refractivity contribution in [2.24, 2.45) is 5.41 Å². The molecule has 1 amide bonds. The Morgan fingerprint density at radius 3 is 2.59 bits per heavy atom. The van der Waals surface area contributed by atoms with Crippen LogP contribution >= 0.6 is 0 Å². The number of nitrogens with one attached hydrogen (secondary N) is 1. The minimum atomic E-state index is -1.08. The third-order valence-corrected chi connectivity index (χ3v) is 3.91. The highest BCUT2D eigenvalue weighted by atomic mass is 16.5. The van der Waals surface area contributed by atoms with Gasteiger partial charge in [0.05, 0.1) is 18.2 Å². The lowest BCUT2D eigenvalue weighted by Gasteiger charge is -2.19. The zero-order valence-corrected chi connectivity index (χ0v) is 12.4. The highest BCUT2D eigenvalue weighted by Gasteiger charge is 2.41. The fourth-order valence-electron chi connectivity index (χ4n) is 2.76. The Kier molecular flexibility index (Phi) is 4.78. The summed E-state index contributed by atoms with van der Waals surface area (Å²) in [5, 5.41) is 21.1. The maximum Gasteiger partial charge on any atom is 0.335 e. The second-order valence-electron chi connectivity index (χ2n) is 5.51. The van der Waals surface area contributed by atoms with Crippen LogP contribution in [0.1, 0.15) is 41.6 Å². The number of carboxylic acids is 1. The maximum absolute atomic E-state index is 12.4. The normalized spacial score (nSPS) is 16.0. The van der Waals surface area contributed by atoms with Crippen LogP contribution in [0, 0.1) is 16.7 Å². The van der Waals surface area contributed by atoms with Crippen molar-refractivity contribution in [2.45, 2.75) is 32.3 Å². The number of amides is 1. The quantitative estimate of drug-likeness (QED) is 0.870. The van der Waals surface area contributed by atoms with Crippen molar-refractivity contribution < 1.29 is 19.4 Å². The fraction of sp³-hybridized carbons (Fsp3) is 0.438. The van der Waals surface area contributed by atoms with E-state index in [0.717, 1.165) is 12.8 Å². The first kappa shape index (κ1) is 16.0. The zero-order valence-electron chi connectivity index (χ0n) is 12.4. The summed E-state index contributed by atoms with van der Waals surface area (Å²) < 4.78 is 5.01. The highest BCUT2D eigenvalue weighted by molar-refractivity contribution is 5.98. The molecule has 6 nitrogen and oxygen atoms in total. The van der Waals surface area contributed by atoms with E-state index in [2.05, 4.69) is 11.4 Å². The predicted molar refractivity (Wildman–Crippen MR) is 79.3 cm³/mol. The van der Waals surface area contributed by atoms with E-state index in [4.69, 9.17) is 9.84 Å². The Balaban J connectivity index is 2.26. The molecule has 2 rings (SSSR count). The number of carboxylic acid groups (broad SMARTS) is 1. The molecular formula is C16H18N2O4. The molecule has 0 heterocycles. The van der Waals surface area contributed by atoms with Crippen LogP contribution in [0.15, 0.2) is 18.2 Å². The van der Waals surface area contributed by atoms with Crippen molar-refractivity contribution in [2.75, 3.05) is 12.4 Å². The Bertz CT molecular complexity index is 628. The van der Waals surface area contributed by atoms with Gasteiger partial charge in [0.2, 0.25) is 5.91 Å². The Labute approximate surface area is 128 Å². The molecule has 6 heteroatoms. The van der Waals surface area contributed by atoms with Crippen molar-refractivity contribution in [1.82, 2.24) is 0 Å². The van der Waals surface area contributed by atoms with Gasteiger partial charge in [-0.1, -0.05) is 12.8 Å². The molecule has 1 aliphatic rings. The zero-order chi connectivity index (χ0) is 16.2. The van der Waals surface area contributed by atoms with Crippen molar-refractivity contribution in [3.63, 3.8) is 0 Å². The second-order valence-corrected chi connectivity index (χ2v) is 5.51. The van der Waals surface area contributed by atoms with Gasteiger partial charge in [0.25, 0.3) is 0 Å². The van der Waals surface area contributed by atoms with E-state index in [9.17, 15) is 14.9 Å². The van der Waals surface area contributed by atoms with Gasteiger partial charge >= 0.3 is 5.97 Å². The fourth-order valence-corrected chi connectivity index (χ4v) is 2.76. The summed E-state index contributed by atoms with van der Waals surface area (Å²) in [6, 6.07) is 6.67. The molecule has 1 aromatic carbocycles. The largest absolute Gasteiger partial charge is 0.478 e. The number of hydrogen-bond donors (Lipinski definition) is 2. The Hall–Kier alpha value is -2.39. The van der Waals surface area contributed by atoms with E-state index in [1.807, 2.05) is 0 Å². The predicted octanol–water partition coefficient (Wildman–Crippen LogP) is 2.55. The van der Waals surface area contributed by atoms with Crippen LogP contribution in [0.25, 0.3) is 0 Å². The van der Waals surface area contributed by atoms with Gasteiger partial charge in [0, 0.05) is 12.8 Å². The van der Waals surface area contributed by atoms with Crippen LogP contribution in [0.4, 0.5) is 5.69 Å². The van der Waals surface area contributed by atoms with Crippen LogP contribution in [-0.4, -0.2) is 24.1 Å². The molecule has 2 N–H and O–H groups in total. The van der Waals surface area contributed by atoms with Crippen LogP contribution in [0.5, 0.6) is 0 Å². The van der Waals surface area contributed by atoms with Gasteiger partial charge in [-0.25, -0.2) is 4.79 Å². The Morgan fingerprint density at radius 1 is 1.36 bits per heavy atom. The van der Waals surface area contributed by atoms with E-state index in [1.165, 1.54) is 19.2 Å². The van der Waals surface area contributed by atoms with E-state index in [0.29, 0.717) is 24.1 Å². The standard InChI is InChI=1S/C16H18N2O4/c1-22-9-11-6-12(14(19)20)8-13(7-11)18-15(21)16(10-17)4-2-3-5-16/h6-8H,2-5,9H2,1H3,(H,18,21)(H,19,20). The number of carbonyl (C=O) groups is 2. The average molecular weight is 302 g/mol. The van der Waals surface area contributed by atoms with Gasteiger partial charge in [-0.15, -0.1) is 0 Å². The number of hydrogen-bond acceptors (Lipinski definition) is 4. The summed E-state index contributed by atoms with van der Waals surface area (Å²) in [4.78, 5) is 23.6. The van der Waals surface area contributed by atoms with Gasteiger partial charge in [0.1, 0.15) is 5.41 Å². The molecule has 0 saturated heterocycles. The van der Waals surface area contributed by atoms with Crippen molar-refractivity contribution >= 4 is 17.6 Å². The number of benzene rings is 1. The summed E-state index contributed by atoms with van der Waals surface area (Å²) in [7, 11) is 1.51. The molecule has 0 aliphatic heterocycles. The molecule has 0 atom stereocenters. The van der Waals surface area contributed by atoms with Gasteiger partial charge in [-0.05, 0) is 36.6 Å². The number of carbonyl (C=O) groups excluding carboxylic acids is 1. The molecule has 1 saturated carbocycles. The first-order chi connectivity index (χ1) is 10.5. The molecule has 116 valence electrons. The topological polar surface area (TPSA) is 99.4 Å². The van der Waals surface area contributed by atoms with Crippen LogP contribution < -0.4 is 5.32 Å². The highest BCUT2D eigenvalue weighted by Crippen LogP contribution is 2.38. The first-order valence-corrected chi connectivity index (χ1v) is 7.10. The van der Waals surface area contributed by atoms with Crippen LogP contribution in [-0.2, 0) is 16.1 Å². The minimum Gasteiger partial charge on any atom is -0.478 e. The average Bonchev–Trinajstić information content (AvgIpc) is 2.97. The smallest absolute Gasteiger partial charge is 0.335 e. The molecule has 0 aromatic heterocycles. The molecule has 1 aromatic rings. The lowest BCUT2D eigenvalue weighted by atomic mass is 9.87. The monoisotopic (exact) mass is 302 g/mol. The van der Waals surface area contributed by atoms with Gasteiger partial charge in [0.15, 0.2) is 0 Å². The van der Waals surface area contributed by atoms with Crippen molar-refractivity contribution in [1.29, 1.82) is 5.26 Å². The van der Waals surface area contributed by atoms with Crippen LogP contribution in [0.3, 0.4) is 0 Å². The lowest BCUT2D eigenvalue weighted by molar-refractivity contribution is -0.122. The molecule has 22 heavy (non-hydrogen) atoms. The number of ether oxygens (including phenoxy) is 1. The van der Waals surface area contributed by atoms with Gasteiger partial charge < -0.3 is 15.2 Å². The SMILES string of the molecule is COCc1cc(NC(=O)C2(C#N)CCCC2)cc(C(=O)O)c1. The minimum absolute atomic E-state index is 0.0716. The van der Waals surface area contributed by atoms with Gasteiger partial charge in [-0.2, -0.15) is 5.26 Å². The van der Waals surface area contributed by atoms with Crippen LogP contribution in [0.2, 0.25) is 0 Å². The summed E-state index contributed by atoms with van der Waals surface area (Å²) in [6.07, 6.45) is 2.79. The number of rotatable bonds is 5. The third-order valence-electron chi connectivity index (χ3n) is 3.91. The molecule has 0 radical (unpaired) electrons. The summed E-state index contributed by atoms with van der Waals surface area (Å²) in [5.41, 5.74) is 0.0941. The van der Waals surface area contributed by atoms with E-state index < -0.39 is 11.4 Å². The summed E-state index contributed by atoms with van der Waals surface area (Å²) in [5.74, 6) is -1.44. The first-order valence-electron chi connectivity index (χ1n) is 7.10. The second kappa shape index (κ2) is 6.58. The third kappa shape index (κ3) is 3.26. The molecule has 0 unspecified atom stereocenters. The number of nitriles is 1. The molecule has 0 bridgehead atoms. The van der Waals surface area contributed by atoms with E-state index in [-0.39, 0.29) is 18.1 Å². The molecule has 1 fully saturated rings. The molecular weight excluding hydrogens is 284 g/mol. The van der Waals surface area contributed by atoms with Crippen molar-refractivity contribution in [3.05, 3.63) is 29.3 Å². The Morgan fingerprint density at radius 2 is 2.05 bits per heavy atom. The lowest BCUT2D eigenvalue weighted by Crippen LogP contribution is -2.32. The summed E-state index contributed by atoms with van der Waals surface area (Å²) >= 11 is 0. The van der Waals surface area contributed by atoms with E-state index in [1.54, 1.807) is 6.07 Å². The van der Waals surface area contributed by atoms with Crippen molar-refractivity contribution in [3.8, 4) is 6.07 Å². The number of nitrogens with zero attached hydrogens (tertiary/aromatic N) is 1. The van der Waals surface area contributed by atoms with E-state index >= 15 is 0 Å². The number of anilines is 1. The maximum atomic E-state index is 12.4. The number of methoxy groups -OCH3 is 1. The molecule has 0 spiro atoms. The molecule has 1 aliphatic carbocycles. The number of aromatic carboxylic acids is 1.